The van der Waals surface area contributed by atoms with E-state index in [1.165, 1.54) is 0 Å². The van der Waals surface area contributed by atoms with E-state index in [2.05, 4.69) is 46.9 Å². The number of para-hydroxylation sites is 1. The summed E-state index contributed by atoms with van der Waals surface area (Å²) in [6, 6.07) is 18.3. The molecule has 0 radical (unpaired) electrons. The topological polar surface area (TPSA) is 68.8 Å². The van der Waals surface area contributed by atoms with Crippen molar-refractivity contribution in [3.8, 4) is 0 Å². The first-order valence-corrected chi connectivity index (χ1v) is 10.5. The average molecular weight is 410 g/mol. The van der Waals surface area contributed by atoms with Gasteiger partial charge in [0.25, 0.3) is 5.91 Å². The molecule has 2 rings (SSSR count). The minimum absolute atomic E-state index is 0.0212. The Kier molecular flexibility index (Phi) is 9.19. The quantitative estimate of drug-likeness (QED) is 0.439. The summed E-state index contributed by atoms with van der Waals surface area (Å²) < 4.78 is 0. The van der Waals surface area contributed by atoms with Gasteiger partial charge in [0, 0.05) is 51.5 Å². The van der Waals surface area contributed by atoms with Gasteiger partial charge in [-0.05, 0) is 42.2 Å². The first-order valence-electron chi connectivity index (χ1n) is 10.5. The zero-order chi connectivity index (χ0) is 21.9. The monoisotopic (exact) mass is 409 g/mol. The highest BCUT2D eigenvalue weighted by molar-refractivity contribution is 5.94. The van der Waals surface area contributed by atoms with Crippen LogP contribution >= 0.6 is 0 Å². The van der Waals surface area contributed by atoms with Crippen LogP contribution < -0.4 is 16.0 Å². The second-order valence-corrected chi connectivity index (χ2v) is 7.89. The lowest BCUT2D eigenvalue weighted by Gasteiger charge is -2.25. The van der Waals surface area contributed by atoms with Gasteiger partial charge >= 0.3 is 0 Å². The molecular formula is C24H35N5O. The van der Waals surface area contributed by atoms with Crippen LogP contribution in [-0.4, -0.2) is 57.0 Å². The molecule has 0 aliphatic carbocycles. The molecule has 1 amide bonds. The number of amides is 1. The minimum Gasteiger partial charge on any atom is -0.380 e. The molecule has 0 bridgehead atoms. The molecule has 0 heterocycles. The number of guanidine groups is 1. The maximum Gasteiger partial charge on any atom is 0.253 e. The maximum absolute atomic E-state index is 12.1. The summed E-state index contributed by atoms with van der Waals surface area (Å²) in [5.41, 5.74) is 2.95. The van der Waals surface area contributed by atoms with Gasteiger partial charge in [0.2, 0.25) is 0 Å². The number of nitrogens with zero attached hydrogens (tertiary/aromatic N) is 2. The summed E-state index contributed by atoms with van der Waals surface area (Å²) in [6.45, 7) is 5.91. The van der Waals surface area contributed by atoms with Crippen LogP contribution in [0, 0.1) is 5.92 Å². The van der Waals surface area contributed by atoms with Crippen LogP contribution in [0.4, 0.5) is 5.69 Å². The highest BCUT2D eigenvalue weighted by Crippen LogP contribution is 2.12. The molecule has 0 saturated carbocycles. The third kappa shape index (κ3) is 7.43. The number of carbonyl (C=O) groups excluding carboxylic acids is 1. The molecule has 3 N–H and O–H groups in total. The van der Waals surface area contributed by atoms with E-state index >= 15 is 0 Å². The zero-order valence-corrected chi connectivity index (χ0v) is 18.8. The summed E-state index contributed by atoms with van der Waals surface area (Å²) in [4.78, 5) is 18.1. The fraction of sp³-hybridized carbons (Fsp3) is 0.417. The van der Waals surface area contributed by atoms with E-state index in [4.69, 9.17) is 0 Å². The van der Waals surface area contributed by atoms with E-state index in [0.29, 0.717) is 11.5 Å². The van der Waals surface area contributed by atoms with Gasteiger partial charge in [0.15, 0.2) is 5.96 Å². The second-order valence-electron chi connectivity index (χ2n) is 7.89. The van der Waals surface area contributed by atoms with Crippen molar-refractivity contribution in [3.63, 3.8) is 0 Å². The number of benzene rings is 2. The van der Waals surface area contributed by atoms with E-state index in [1.807, 2.05) is 42.5 Å². The Hall–Kier alpha value is -3.02. The van der Waals surface area contributed by atoms with Crippen molar-refractivity contribution in [2.75, 3.05) is 39.5 Å². The van der Waals surface area contributed by atoms with Gasteiger partial charge in [0.05, 0.1) is 0 Å². The molecule has 30 heavy (non-hydrogen) atoms. The molecule has 0 aliphatic rings. The fourth-order valence-corrected chi connectivity index (χ4v) is 3.07. The molecule has 0 aromatic heterocycles. The molecule has 1 atom stereocenters. The van der Waals surface area contributed by atoms with Crippen molar-refractivity contribution in [1.82, 2.24) is 15.5 Å². The largest absolute Gasteiger partial charge is 0.380 e. The van der Waals surface area contributed by atoms with Gasteiger partial charge in [-0.15, -0.1) is 0 Å². The second kappa shape index (κ2) is 11.9. The van der Waals surface area contributed by atoms with Crippen LogP contribution in [0.25, 0.3) is 0 Å². The first kappa shape index (κ1) is 23.3. The van der Waals surface area contributed by atoms with Crippen molar-refractivity contribution in [1.29, 1.82) is 0 Å². The maximum atomic E-state index is 12.1. The number of nitrogens with one attached hydrogen (secondary N) is 3. The molecular weight excluding hydrogens is 374 g/mol. The van der Waals surface area contributed by atoms with E-state index in [0.717, 1.165) is 36.7 Å². The Balaban J connectivity index is 1.84. The van der Waals surface area contributed by atoms with Crippen molar-refractivity contribution >= 4 is 17.6 Å². The summed E-state index contributed by atoms with van der Waals surface area (Å²) in [6.07, 6.45) is 0.811. The molecule has 0 spiro atoms. The van der Waals surface area contributed by atoms with E-state index in [-0.39, 0.29) is 11.9 Å². The summed E-state index contributed by atoms with van der Waals surface area (Å²) in [5.74, 6) is 1.26. The number of anilines is 1. The van der Waals surface area contributed by atoms with Gasteiger partial charge in [-0.2, -0.15) is 0 Å². The normalized spacial score (nSPS) is 12.4. The molecule has 2 aromatic carbocycles. The molecule has 0 aliphatic heterocycles. The van der Waals surface area contributed by atoms with Crippen molar-refractivity contribution in [2.45, 2.75) is 26.3 Å². The van der Waals surface area contributed by atoms with Crippen LogP contribution in [-0.2, 0) is 6.42 Å². The van der Waals surface area contributed by atoms with Crippen molar-refractivity contribution in [3.05, 3.63) is 65.7 Å². The van der Waals surface area contributed by atoms with E-state index in [9.17, 15) is 4.79 Å². The van der Waals surface area contributed by atoms with Gasteiger partial charge in [-0.25, -0.2) is 0 Å². The van der Waals surface area contributed by atoms with Crippen LogP contribution in [0.5, 0.6) is 0 Å². The summed E-state index contributed by atoms with van der Waals surface area (Å²) in [5, 5.41) is 10.4. The molecule has 1 unspecified atom stereocenters. The Labute approximate surface area is 180 Å². The van der Waals surface area contributed by atoms with Gasteiger partial charge < -0.3 is 20.9 Å². The first-order chi connectivity index (χ1) is 14.4. The Morgan fingerprint density at radius 3 is 2.40 bits per heavy atom. The fourth-order valence-electron chi connectivity index (χ4n) is 3.07. The molecule has 0 fully saturated rings. The molecule has 2 aromatic rings. The number of rotatable bonds is 9. The number of carbonyl (C=O) groups is 1. The smallest absolute Gasteiger partial charge is 0.253 e. The van der Waals surface area contributed by atoms with Crippen LogP contribution in [0.15, 0.2) is 59.6 Å². The lowest BCUT2D eigenvalue weighted by atomic mass is 10.0. The number of hydrogen-bond donors (Lipinski definition) is 3. The third-order valence-corrected chi connectivity index (χ3v) is 4.93. The molecule has 0 saturated heterocycles. The van der Waals surface area contributed by atoms with Crippen LogP contribution in [0.2, 0.25) is 0 Å². The lowest BCUT2D eigenvalue weighted by Crippen LogP contribution is -2.45. The number of aliphatic imine (C=N–C) groups is 1. The van der Waals surface area contributed by atoms with Crippen molar-refractivity contribution in [2.24, 2.45) is 10.9 Å². The van der Waals surface area contributed by atoms with Gasteiger partial charge in [-0.3, -0.25) is 9.79 Å². The predicted molar refractivity (Wildman–Crippen MR) is 126 cm³/mol. The van der Waals surface area contributed by atoms with E-state index < -0.39 is 0 Å². The zero-order valence-electron chi connectivity index (χ0n) is 18.8. The van der Waals surface area contributed by atoms with Crippen LogP contribution in [0.3, 0.4) is 0 Å². The third-order valence-electron chi connectivity index (χ3n) is 4.93. The van der Waals surface area contributed by atoms with Crippen LogP contribution in [0.1, 0.15) is 29.8 Å². The molecule has 6 nitrogen and oxygen atoms in total. The Morgan fingerprint density at radius 2 is 1.77 bits per heavy atom. The van der Waals surface area contributed by atoms with E-state index in [1.54, 1.807) is 26.0 Å². The minimum atomic E-state index is 0.0212. The lowest BCUT2D eigenvalue weighted by molar-refractivity contribution is 0.0827. The standard InChI is InChI=1S/C24H35N5O/c1-18(2)22(28-21-12-7-6-8-13-21)17-27-24(25-3)26-15-14-19-10-9-11-20(16-19)23(30)29(4)5/h6-13,16,18,22,28H,14-15,17H2,1-5H3,(H2,25,26,27). The average Bonchev–Trinajstić information content (AvgIpc) is 2.75. The highest BCUT2D eigenvalue weighted by Gasteiger charge is 2.14. The highest BCUT2D eigenvalue weighted by atomic mass is 16.2. The summed E-state index contributed by atoms with van der Waals surface area (Å²) >= 11 is 0. The van der Waals surface area contributed by atoms with Crippen molar-refractivity contribution < 1.29 is 4.79 Å². The van der Waals surface area contributed by atoms with Gasteiger partial charge in [-0.1, -0.05) is 44.2 Å². The predicted octanol–water partition coefficient (Wildman–Crippen LogP) is 3.23. The summed E-state index contributed by atoms with van der Waals surface area (Å²) in [7, 11) is 5.31. The Morgan fingerprint density at radius 1 is 1.03 bits per heavy atom. The Bertz CT molecular complexity index is 817. The molecule has 6 heteroatoms. The number of hydrogen-bond acceptors (Lipinski definition) is 3. The SMILES string of the molecule is CN=C(NCCc1cccc(C(=O)N(C)C)c1)NCC(Nc1ccccc1)C(C)C. The van der Waals surface area contributed by atoms with Gasteiger partial charge in [0.1, 0.15) is 0 Å². The molecule has 162 valence electrons.